The van der Waals surface area contributed by atoms with Gasteiger partial charge >= 0.3 is 0 Å². The van der Waals surface area contributed by atoms with Gasteiger partial charge in [0.1, 0.15) is 11.9 Å². The van der Waals surface area contributed by atoms with E-state index >= 15 is 0 Å². The summed E-state index contributed by atoms with van der Waals surface area (Å²) in [7, 11) is -1.21. The van der Waals surface area contributed by atoms with E-state index in [-0.39, 0.29) is 29.4 Å². The lowest BCUT2D eigenvalue weighted by molar-refractivity contribution is -0.122. The van der Waals surface area contributed by atoms with Gasteiger partial charge < -0.3 is 14.8 Å². The summed E-state index contributed by atoms with van der Waals surface area (Å²) < 4.78 is 52.1. The molecule has 1 unspecified atom stereocenters. The van der Waals surface area contributed by atoms with E-state index in [0.29, 0.717) is 11.3 Å². The number of ether oxygens (including phenoxy) is 2. The zero-order chi connectivity index (χ0) is 23.8. The maximum atomic E-state index is 13.1. The lowest BCUT2D eigenvalue weighted by atomic mass is 10.1. The Morgan fingerprint density at radius 3 is 2.21 bits per heavy atom. The van der Waals surface area contributed by atoms with E-state index in [2.05, 4.69) is 10.0 Å². The fraction of sp³-hybridized carbons (Fsp3) is 0.208. The molecule has 0 saturated carbocycles. The van der Waals surface area contributed by atoms with Gasteiger partial charge in [-0.3, -0.25) is 4.79 Å². The molecule has 0 heterocycles. The van der Waals surface area contributed by atoms with Gasteiger partial charge in [-0.25, -0.2) is 12.8 Å². The Labute approximate surface area is 192 Å². The van der Waals surface area contributed by atoms with Crippen molar-refractivity contribution >= 4 is 15.9 Å². The van der Waals surface area contributed by atoms with E-state index in [0.717, 1.165) is 5.56 Å². The number of hydrogen-bond acceptors (Lipinski definition) is 5. The number of halogens is 1. The van der Waals surface area contributed by atoms with Gasteiger partial charge in [0.15, 0.2) is 11.5 Å². The number of amides is 1. The van der Waals surface area contributed by atoms with Crippen LogP contribution in [0.1, 0.15) is 11.1 Å². The normalized spacial score (nSPS) is 12.1. The summed E-state index contributed by atoms with van der Waals surface area (Å²) in [6.07, 6.45) is 0.141. The highest BCUT2D eigenvalue weighted by Gasteiger charge is 2.27. The molecule has 0 saturated heterocycles. The van der Waals surface area contributed by atoms with Crippen molar-refractivity contribution in [3.63, 3.8) is 0 Å². The Morgan fingerprint density at radius 1 is 0.909 bits per heavy atom. The molecule has 0 aromatic heterocycles. The molecule has 7 nitrogen and oxygen atoms in total. The molecular formula is C24H25FN2O5S. The number of carbonyl (C=O) groups excluding carboxylic acids is 1. The standard InChI is InChI=1S/C24H25FN2O5S/c1-31-22-13-12-20(15-23(22)32-2)33(29,30)27-21(14-17-6-4-3-5-7-17)24(28)26-16-18-8-10-19(25)11-9-18/h3-13,15,21,27H,14,16H2,1-2H3,(H,26,28). The average molecular weight is 473 g/mol. The van der Waals surface area contributed by atoms with Gasteiger partial charge in [-0.15, -0.1) is 0 Å². The molecule has 3 aromatic carbocycles. The highest BCUT2D eigenvalue weighted by Crippen LogP contribution is 2.29. The third-order valence-electron chi connectivity index (χ3n) is 4.94. The topological polar surface area (TPSA) is 93.7 Å². The zero-order valence-corrected chi connectivity index (χ0v) is 19.1. The van der Waals surface area contributed by atoms with Crippen LogP contribution in [0.3, 0.4) is 0 Å². The Balaban J connectivity index is 1.82. The smallest absolute Gasteiger partial charge is 0.241 e. The fourth-order valence-electron chi connectivity index (χ4n) is 3.19. The van der Waals surface area contributed by atoms with Crippen molar-refractivity contribution in [2.24, 2.45) is 0 Å². The van der Waals surface area contributed by atoms with Crippen LogP contribution in [0.4, 0.5) is 4.39 Å². The summed E-state index contributed by atoms with van der Waals surface area (Å²) in [5.41, 5.74) is 1.47. The summed E-state index contributed by atoms with van der Waals surface area (Å²) in [5, 5.41) is 2.72. The van der Waals surface area contributed by atoms with E-state index in [1.165, 1.54) is 44.6 Å². The molecule has 0 bridgehead atoms. The lowest BCUT2D eigenvalue weighted by Crippen LogP contribution is -2.47. The maximum Gasteiger partial charge on any atom is 0.241 e. The first-order valence-corrected chi connectivity index (χ1v) is 11.6. The largest absolute Gasteiger partial charge is 0.493 e. The average Bonchev–Trinajstić information content (AvgIpc) is 2.83. The van der Waals surface area contributed by atoms with Crippen molar-refractivity contribution in [1.29, 1.82) is 0 Å². The van der Waals surface area contributed by atoms with Gasteiger partial charge in [0.05, 0.1) is 19.1 Å². The first-order valence-electron chi connectivity index (χ1n) is 10.1. The minimum Gasteiger partial charge on any atom is -0.493 e. The molecule has 0 aliphatic rings. The predicted molar refractivity (Wildman–Crippen MR) is 122 cm³/mol. The summed E-state index contributed by atoms with van der Waals surface area (Å²) in [6.45, 7) is 0.127. The monoisotopic (exact) mass is 472 g/mol. The van der Waals surface area contributed by atoms with Crippen LogP contribution < -0.4 is 19.5 Å². The van der Waals surface area contributed by atoms with Gasteiger partial charge in [-0.1, -0.05) is 42.5 Å². The third kappa shape index (κ3) is 6.53. The molecule has 33 heavy (non-hydrogen) atoms. The molecule has 174 valence electrons. The number of methoxy groups -OCH3 is 2. The maximum absolute atomic E-state index is 13.1. The SMILES string of the molecule is COc1ccc(S(=O)(=O)NC(Cc2ccccc2)C(=O)NCc2ccc(F)cc2)cc1OC. The quantitative estimate of drug-likeness (QED) is 0.473. The molecule has 0 radical (unpaired) electrons. The van der Waals surface area contributed by atoms with Crippen LogP contribution in [-0.4, -0.2) is 34.6 Å². The molecule has 0 aliphatic heterocycles. The van der Waals surface area contributed by atoms with Crippen LogP contribution in [0.5, 0.6) is 11.5 Å². The summed E-state index contributed by atoms with van der Waals surface area (Å²) in [4.78, 5) is 12.9. The van der Waals surface area contributed by atoms with Crippen LogP contribution >= 0.6 is 0 Å². The minimum atomic E-state index is -4.07. The van der Waals surface area contributed by atoms with Crippen molar-refractivity contribution in [1.82, 2.24) is 10.0 Å². The molecular weight excluding hydrogens is 447 g/mol. The molecule has 0 aliphatic carbocycles. The van der Waals surface area contributed by atoms with Crippen LogP contribution in [-0.2, 0) is 27.8 Å². The van der Waals surface area contributed by atoms with Crippen LogP contribution in [0, 0.1) is 5.82 Å². The van der Waals surface area contributed by atoms with Crippen molar-refractivity contribution in [3.05, 3.63) is 89.7 Å². The van der Waals surface area contributed by atoms with E-state index in [1.807, 2.05) is 30.3 Å². The summed E-state index contributed by atoms with van der Waals surface area (Å²) >= 11 is 0. The van der Waals surface area contributed by atoms with Crippen molar-refractivity contribution in [3.8, 4) is 11.5 Å². The van der Waals surface area contributed by atoms with E-state index < -0.39 is 22.0 Å². The van der Waals surface area contributed by atoms with Gasteiger partial charge in [-0.2, -0.15) is 4.72 Å². The van der Waals surface area contributed by atoms with Crippen molar-refractivity contribution < 1.29 is 27.1 Å². The van der Waals surface area contributed by atoms with Crippen LogP contribution in [0.2, 0.25) is 0 Å². The van der Waals surface area contributed by atoms with Gasteiger partial charge in [-0.05, 0) is 41.8 Å². The van der Waals surface area contributed by atoms with E-state index in [1.54, 1.807) is 12.1 Å². The van der Waals surface area contributed by atoms with E-state index in [4.69, 9.17) is 9.47 Å². The molecule has 1 atom stereocenters. The van der Waals surface area contributed by atoms with Crippen LogP contribution in [0.25, 0.3) is 0 Å². The molecule has 1 amide bonds. The number of carbonyl (C=O) groups is 1. The highest BCUT2D eigenvalue weighted by atomic mass is 32.2. The Kier molecular flexibility index (Phi) is 8.02. The Bertz CT molecular complexity index is 1190. The number of nitrogens with one attached hydrogen (secondary N) is 2. The molecule has 0 spiro atoms. The third-order valence-corrected chi connectivity index (χ3v) is 6.41. The first kappa shape index (κ1) is 24.2. The predicted octanol–water partition coefficient (Wildman–Crippen LogP) is 3.05. The summed E-state index contributed by atoms with van der Waals surface area (Å²) in [5.74, 6) is -0.253. The molecule has 9 heteroatoms. The second-order valence-corrected chi connectivity index (χ2v) is 8.94. The van der Waals surface area contributed by atoms with Crippen molar-refractivity contribution in [2.75, 3.05) is 14.2 Å². The molecule has 2 N–H and O–H groups in total. The van der Waals surface area contributed by atoms with Crippen LogP contribution in [0.15, 0.2) is 77.7 Å². The van der Waals surface area contributed by atoms with Crippen molar-refractivity contribution in [2.45, 2.75) is 23.9 Å². The Hall–Kier alpha value is -3.43. The Morgan fingerprint density at radius 2 is 1.58 bits per heavy atom. The second kappa shape index (κ2) is 10.9. The summed E-state index contributed by atoms with van der Waals surface area (Å²) in [6, 6.07) is 17.9. The lowest BCUT2D eigenvalue weighted by Gasteiger charge is -2.19. The zero-order valence-electron chi connectivity index (χ0n) is 18.2. The number of benzene rings is 3. The molecule has 3 aromatic rings. The van der Waals surface area contributed by atoms with Gasteiger partial charge in [0.2, 0.25) is 15.9 Å². The van der Waals surface area contributed by atoms with Gasteiger partial charge in [0, 0.05) is 12.6 Å². The van der Waals surface area contributed by atoms with Gasteiger partial charge in [0.25, 0.3) is 0 Å². The second-order valence-electron chi connectivity index (χ2n) is 7.22. The molecule has 0 fully saturated rings. The first-order chi connectivity index (χ1) is 15.8. The van der Waals surface area contributed by atoms with E-state index in [9.17, 15) is 17.6 Å². The minimum absolute atomic E-state index is 0.0652. The number of sulfonamides is 1. The molecule has 3 rings (SSSR count). The number of hydrogen-bond donors (Lipinski definition) is 2. The highest BCUT2D eigenvalue weighted by molar-refractivity contribution is 7.89. The number of rotatable bonds is 10. The fourth-order valence-corrected chi connectivity index (χ4v) is 4.40.